The minimum atomic E-state index is -0.374. The van der Waals surface area contributed by atoms with Crippen LogP contribution in [0.15, 0.2) is 48.2 Å². The third-order valence-electron chi connectivity index (χ3n) is 5.96. The summed E-state index contributed by atoms with van der Waals surface area (Å²) in [5, 5.41) is 0. The molecule has 8 nitrogen and oxygen atoms in total. The summed E-state index contributed by atoms with van der Waals surface area (Å²) in [4.78, 5) is 32.9. The van der Waals surface area contributed by atoms with Gasteiger partial charge in [0.15, 0.2) is 0 Å². The fourth-order valence-electron chi connectivity index (χ4n) is 4.17. The predicted molar refractivity (Wildman–Crippen MR) is 126 cm³/mol. The normalized spacial score (nSPS) is 17.1. The molecule has 0 radical (unpaired) electrons. The number of anilines is 1. The molecule has 33 heavy (non-hydrogen) atoms. The first-order chi connectivity index (χ1) is 16.0. The lowest BCUT2D eigenvalue weighted by Crippen LogP contribution is -2.46. The highest BCUT2D eigenvalue weighted by atomic mass is 16.5. The van der Waals surface area contributed by atoms with Crippen LogP contribution in [-0.4, -0.2) is 75.7 Å². The van der Waals surface area contributed by atoms with Crippen LogP contribution in [0.3, 0.4) is 0 Å². The van der Waals surface area contributed by atoms with Crippen molar-refractivity contribution in [2.45, 2.75) is 6.92 Å². The molecule has 0 unspecified atom stereocenters. The standard InChI is InChI=1S/C25H29N3O5/c1-5-33-18-8-6-17(7-9-18)22-23(27-14-12-26(2)13-15-27)25(30)28(24(22)29)20-11-10-19(31-3)16-21(20)32-4/h6-11,16H,5,12-15H2,1-4H3. The molecule has 2 aliphatic heterocycles. The first-order valence-electron chi connectivity index (χ1n) is 11.0. The van der Waals surface area contributed by atoms with Crippen molar-refractivity contribution >= 4 is 23.1 Å². The molecule has 4 rings (SSSR count). The topological polar surface area (TPSA) is 71.6 Å². The zero-order chi connectivity index (χ0) is 23.5. The molecule has 1 fully saturated rings. The molecule has 0 saturated carbocycles. The van der Waals surface area contributed by atoms with Gasteiger partial charge in [0.1, 0.15) is 22.9 Å². The molecule has 0 aromatic heterocycles. The smallest absolute Gasteiger partial charge is 0.282 e. The molecule has 0 spiro atoms. The number of ether oxygens (including phenoxy) is 3. The number of amides is 2. The second-order valence-electron chi connectivity index (χ2n) is 7.95. The Bertz CT molecular complexity index is 1070. The Morgan fingerprint density at radius 2 is 1.52 bits per heavy atom. The molecule has 1 saturated heterocycles. The number of carbonyl (C=O) groups excluding carboxylic acids is 2. The minimum Gasteiger partial charge on any atom is -0.497 e. The van der Waals surface area contributed by atoms with Crippen LogP contribution in [0, 0.1) is 0 Å². The van der Waals surface area contributed by atoms with Gasteiger partial charge in [0.05, 0.1) is 32.1 Å². The maximum Gasteiger partial charge on any atom is 0.282 e. The summed E-state index contributed by atoms with van der Waals surface area (Å²) in [5.74, 6) is 0.960. The molecule has 2 aromatic carbocycles. The van der Waals surface area contributed by atoms with Gasteiger partial charge in [-0.1, -0.05) is 12.1 Å². The highest BCUT2D eigenvalue weighted by Crippen LogP contribution is 2.40. The van der Waals surface area contributed by atoms with E-state index in [4.69, 9.17) is 14.2 Å². The van der Waals surface area contributed by atoms with E-state index in [1.54, 1.807) is 25.3 Å². The molecule has 2 aliphatic rings. The number of imide groups is 1. The van der Waals surface area contributed by atoms with Crippen molar-refractivity contribution in [2.75, 3.05) is 59.0 Å². The largest absolute Gasteiger partial charge is 0.497 e. The number of methoxy groups -OCH3 is 2. The van der Waals surface area contributed by atoms with Crippen LogP contribution < -0.4 is 19.1 Å². The average Bonchev–Trinajstić information content (AvgIpc) is 3.09. The van der Waals surface area contributed by atoms with Crippen molar-refractivity contribution in [2.24, 2.45) is 0 Å². The number of benzene rings is 2. The fourth-order valence-corrected chi connectivity index (χ4v) is 4.17. The van der Waals surface area contributed by atoms with Gasteiger partial charge >= 0.3 is 0 Å². The number of hydrogen-bond acceptors (Lipinski definition) is 7. The summed E-state index contributed by atoms with van der Waals surface area (Å²) in [5.41, 5.74) is 1.89. The lowest BCUT2D eigenvalue weighted by Gasteiger charge is -2.34. The van der Waals surface area contributed by atoms with Gasteiger partial charge in [-0.3, -0.25) is 9.59 Å². The van der Waals surface area contributed by atoms with Gasteiger partial charge in [-0.2, -0.15) is 0 Å². The monoisotopic (exact) mass is 451 g/mol. The van der Waals surface area contributed by atoms with E-state index in [1.807, 2.05) is 36.1 Å². The second kappa shape index (κ2) is 9.54. The van der Waals surface area contributed by atoms with Crippen molar-refractivity contribution in [3.63, 3.8) is 0 Å². The zero-order valence-electron chi connectivity index (χ0n) is 19.5. The van der Waals surface area contributed by atoms with Crippen LogP contribution in [-0.2, 0) is 9.59 Å². The van der Waals surface area contributed by atoms with Gasteiger partial charge in [0, 0.05) is 32.2 Å². The molecule has 0 aliphatic carbocycles. The maximum atomic E-state index is 13.8. The molecule has 0 bridgehead atoms. The van der Waals surface area contributed by atoms with Crippen LogP contribution in [0.5, 0.6) is 17.2 Å². The van der Waals surface area contributed by atoms with E-state index >= 15 is 0 Å². The van der Waals surface area contributed by atoms with Crippen molar-refractivity contribution < 1.29 is 23.8 Å². The minimum absolute atomic E-state index is 0.350. The highest BCUT2D eigenvalue weighted by molar-refractivity contribution is 6.45. The van der Waals surface area contributed by atoms with Crippen molar-refractivity contribution in [1.29, 1.82) is 0 Å². The van der Waals surface area contributed by atoms with Crippen molar-refractivity contribution in [3.05, 3.63) is 53.7 Å². The third-order valence-corrected chi connectivity index (χ3v) is 5.96. The Kier molecular flexibility index (Phi) is 6.55. The quantitative estimate of drug-likeness (QED) is 0.600. The Hall–Kier alpha value is -3.52. The van der Waals surface area contributed by atoms with Gasteiger partial charge in [0.25, 0.3) is 11.8 Å². The van der Waals surface area contributed by atoms with Crippen LogP contribution in [0.1, 0.15) is 12.5 Å². The summed E-state index contributed by atoms with van der Waals surface area (Å²) in [6, 6.07) is 12.4. The lowest BCUT2D eigenvalue weighted by atomic mass is 10.0. The third kappa shape index (κ3) is 4.26. The SMILES string of the molecule is CCOc1ccc(C2=C(N3CCN(C)CC3)C(=O)N(c3ccc(OC)cc3OC)C2=O)cc1. The lowest BCUT2D eigenvalue weighted by molar-refractivity contribution is -0.120. The molecule has 2 heterocycles. The van der Waals surface area contributed by atoms with E-state index in [0.29, 0.717) is 59.5 Å². The Balaban J connectivity index is 1.79. The number of piperazine rings is 1. The van der Waals surface area contributed by atoms with Gasteiger partial charge in [-0.25, -0.2) is 4.90 Å². The Labute approximate surface area is 193 Å². The number of hydrogen-bond donors (Lipinski definition) is 0. The Morgan fingerprint density at radius 1 is 0.848 bits per heavy atom. The van der Waals surface area contributed by atoms with E-state index in [9.17, 15) is 9.59 Å². The molecule has 2 aromatic rings. The summed E-state index contributed by atoms with van der Waals surface area (Å²) < 4.78 is 16.3. The van der Waals surface area contributed by atoms with Crippen molar-refractivity contribution in [1.82, 2.24) is 9.80 Å². The molecule has 0 N–H and O–H groups in total. The highest BCUT2D eigenvalue weighted by Gasteiger charge is 2.44. The van der Waals surface area contributed by atoms with Gasteiger partial charge in [-0.05, 0) is 43.8 Å². The first kappa shape index (κ1) is 22.7. The summed E-state index contributed by atoms with van der Waals surface area (Å²) in [6.45, 7) is 5.43. The zero-order valence-corrected chi connectivity index (χ0v) is 19.5. The van der Waals surface area contributed by atoms with Crippen LogP contribution >= 0.6 is 0 Å². The van der Waals surface area contributed by atoms with E-state index < -0.39 is 0 Å². The van der Waals surface area contributed by atoms with Gasteiger partial charge < -0.3 is 24.0 Å². The van der Waals surface area contributed by atoms with Gasteiger partial charge in [0.2, 0.25) is 0 Å². The van der Waals surface area contributed by atoms with E-state index in [2.05, 4.69) is 11.9 Å². The first-order valence-corrected chi connectivity index (χ1v) is 11.0. The summed E-state index contributed by atoms with van der Waals surface area (Å²) >= 11 is 0. The van der Waals surface area contributed by atoms with E-state index in [0.717, 1.165) is 13.1 Å². The predicted octanol–water partition coefficient (Wildman–Crippen LogP) is 2.63. The number of carbonyl (C=O) groups is 2. The molecule has 2 amide bonds. The molecule has 174 valence electrons. The summed E-state index contributed by atoms with van der Waals surface area (Å²) in [6.07, 6.45) is 0. The molecule has 0 atom stereocenters. The molecular weight excluding hydrogens is 422 g/mol. The van der Waals surface area contributed by atoms with Crippen LogP contribution in [0.2, 0.25) is 0 Å². The van der Waals surface area contributed by atoms with Crippen molar-refractivity contribution in [3.8, 4) is 17.2 Å². The fraction of sp³-hybridized carbons (Fsp3) is 0.360. The number of rotatable bonds is 7. The molecule has 8 heteroatoms. The van der Waals surface area contributed by atoms with Crippen LogP contribution in [0.4, 0.5) is 5.69 Å². The van der Waals surface area contributed by atoms with E-state index in [-0.39, 0.29) is 11.8 Å². The van der Waals surface area contributed by atoms with E-state index in [1.165, 1.54) is 12.0 Å². The van der Waals surface area contributed by atoms with Crippen LogP contribution in [0.25, 0.3) is 5.57 Å². The Morgan fingerprint density at radius 3 is 2.12 bits per heavy atom. The second-order valence-corrected chi connectivity index (χ2v) is 7.95. The number of likely N-dealkylation sites (N-methyl/N-ethyl adjacent to an activating group) is 1. The van der Waals surface area contributed by atoms with Gasteiger partial charge in [-0.15, -0.1) is 0 Å². The number of nitrogens with zero attached hydrogens (tertiary/aromatic N) is 3. The molecular formula is C25H29N3O5. The maximum absolute atomic E-state index is 13.8. The summed E-state index contributed by atoms with van der Waals surface area (Å²) in [7, 11) is 5.11. The average molecular weight is 452 g/mol.